The zero-order valence-electron chi connectivity index (χ0n) is 12.2. The van der Waals surface area contributed by atoms with Gasteiger partial charge in [0.25, 0.3) is 5.91 Å². The Kier molecular flexibility index (Phi) is 4.61. The van der Waals surface area contributed by atoms with E-state index >= 15 is 0 Å². The van der Waals surface area contributed by atoms with Crippen molar-refractivity contribution in [1.82, 2.24) is 0 Å². The summed E-state index contributed by atoms with van der Waals surface area (Å²) in [7, 11) is 0. The van der Waals surface area contributed by atoms with Crippen molar-refractivity contribution in [2.45, 2.75) is 0 Å². The second-order valence-corrected chi connectivity index (χ2v) is 5.77. The highest BCUT2D eigenvalue weighted by Crippen LogP contribution is 2.23. The van der Waals surface area contributed by atoms with Gasteiger partial charge < -0.3 is 14.5 Å². The predicted molar refractivity (Wildman–Crippen MR) is 90.7 cm³/mol. The van der Waals surface area contributed by atoms with E-state index in [-0.39, 0.29) is 6.61 Å². The van der Waals surface area contributed by atoms with Crippen LogP contribution in [0.25, 0.3) is 11.0 Å². The summed E-state index contributed by atoms with van der Waals surface area (Å²) in [5.74, 6) is -0.420. The molecule has 24 heavy (non-hydrogen) atoms. The van der Waals surface area contributed by atoms with Crippen LogP contribution >= 0.6 is 15.9 Å². The van der Waals surface area contributed by atoms with Gasteiger partial charge in [0.2, 0.25) is 0 Å². The number of hydrogen-bond acceptors (Lipinski definition) is 4. The van der Waals surface area contributed by atoms with Gasteiger partial charge in [-0.25, -0.2) is 9.18 Å². The molecule has 3 aromatic rings. The van der Waals surface area contributed by atoms with Crippen molar-refractivity contribution in [3.05, 3.63) is 69.2 Å². The minimum Gasteiger partial charge on any atom is -0.484 e. The summed E-state index contributed by atoms with van der Waals surface area (Å²) in [4.78, 5) is 23.1. The summed E-state index contributed by atoms with van der Waals surface area (Å²) in [6, 6.07) is 11.8. The minimum atomic E-state index is -0.460. The Labute approximate surface area is 144 Å². The zero-order valence-corrected chi connectivity index (χ0v) is 13.8. The van der Waals surface area contributed by atoms with E-state index in [1.807, 2.05) is 0 Å². The molecule has 3 rings (SSSR count). The number of anilines is 1. The van der Waals surface area contributed by atoms with Crippen LogP contribution in [0, 0.1) is 5.82 Å². The maximum Gasteiger partial charge on any atom is 0.336 e. The van der Waals surface area contributed by atoms with Gasteiger partial charge in [-0.1, -0.05) is 0 Å². The van der Waals surface area contributed by atoms with Gasteiger partial charge in [0.05, 0.1) is 5.69 Å². The predicted octanol–water partition coefficient (Wildman–Crippen LogP) is 3.71. The first kappa shape index (κ1) is 16.2. The van der Waals surface area contributed by atoms with E-state index in [9.17, 15) is 14.0 Å². The van der Waals surface area contributed by atoms with Crippen molar-refractivity contribution in [2.75, 3.05) is 11.9 Å². The van der Waals surface area contributed by atoms with Crippen molar-refractivity contribution in [1.29, 1.82) is 0 Å². The van der Waals surface area contributed by atoms with Gasteiger partial charge in [-0.3, -0.25) is 4.79 Å². The van der Waals surface area contributed by atoms with Crippen LogP contribution in [0.15, 0.2) is 62.2 Å². The number of halogens is 2. The monoisotopic (exact) mass is 391 g/mol. The third-order valence-corrected chi connectivity index (χ3v) is 3.83. The molecule has 1 N–H and O–H groups in total. The lowest BCUT2D eigenvalue weighted by atomic mass is 10.2. The molecule has 0 saturated heterocycles. The van der Waals surface area contributed by atoms with Crippen molar-refractivity contribution < 1.29 is 18.3 Å². The topological polar surface area (TPSA) is 68.5 Å². The quantitative estimate of drug-likeness (QED) is 0.688. The molecule has 2 aromatic carbocycles. The Morgan fingerprint density at radius 2 is 1.96 bits per heavy atom. The van der Waals surface area contributed by atoms with Gasteiger partial charge in [-0.15, -0.1) is 0 Å². The first-order valence-electron chi connectivity index (χ1n) is 6.93. The number of rotatable bonds is 4. The van der Waals surface area contributed by atoms with E-state index in [4.69, 9.17) is 9.15 Å². The Morgan fingerprint density at radius 1 is 1.17 bits per heavy atom. The van der Waals surface area contributed by atoms with Crippen LogP contribution in [0.4, 0.5) is 10.1 Å². The summed E-state index contributed by atoms with van der Waals surface area (Å²) in [5.41, 5.74) is 0.356. The lowest BCUT2D eigenvalue weighted by Crippen LogP contribution is -2.20. The van der Waals surface area contributed by atoms with E-state index in [1.165, 1.54) is 30.3 Å². The molecule has 0 spiro atoms. The van der Waals surface area contributed by atoms with Gasteiger partial charge in [-0.2, -0.15) is 0 Å². The molecule has 5 nitrogen and oxygen atoms in total. The van der Waals surface area contributed by atoms with Gasteiger partial charge in [-0.05, 0) is 52.3 Å². The fourth-order valence-electron chi connectivity index (χ4n) is 2.06. The molecule has 7 heteroatoms. The van der Waals surface area contributed by atoms with E-state index in [0.29, 0.717) is 21.5 Å². The SMILES string of the molecule is O=C(COc1ccc2ccc(=O)oc2c1)Nc1ccc(F)cc1Br. The summed E-state index contributed by atoms with van der Waals surface area (Å²) < 4.78 is 23.9. The highest BCUT2D eigenvalue weighted by molar-refractivity contribution is 9.10. The number of benzene rings is 2. The molecular weight excluding hydrogens is 381 g/mol. The Morgan fingerprint density at radius 3 is 2.75 bits per heavy atom. The second kappa shape index (κ2) is 6.84. The fraction of sp³-hybridized carbons (Fsp3) is 0.0588. The van der Waals surface area contributed by atoms with Crippen molar-refractivity contribution in [3.63, 3.8) is 0 Å². The molecule has 0 unspecified atom stereocenters. The Bertz CT molecular complexity index is 970. The number of hydrogen-bond donors (Lipinski definition) is 1. The molecule has 0 atom stereocenters. The molecule has 1 heterocycles. The van der Waals surface area contributed by atoms with Crippen LogP contribution < -0.4 is 15.7 Å². The number of amides is 1. The first-order valence-corrected chi connectivity index (χ1v) is 7.72. The molecule has 0 fully saturated rings. The Hall–Kier alpha value is -2.67. The van der Waals surface area contributed by atoms with Crippen LogP contribution in [-0.4, -0.2) is 12.5 Å². The minimum absolute atomic E-state index is 0.244. The number of nitrogens with one attached hydrogen (secondary N) is 1. The average molecular weight is 392 g/mol. The maximum absolute atomic E-state index is 13.0. The lowest BCUT2D eigenvalue weighted by Gasteiger charge is -2.09. The maximum atomic E-state index is 13.0. The van der Waals surface area contributed by atoms with Crippen LogP contribution in [0.5, 0.6) is 5.75 Å². The summed E-state index contributed by atoms with van der Waals surface area (Å²) in [5, 5.41) is 3.35. The lowest BCUT2D eigenvalue weighted by molar-refractivity contribution is -0.118. The molecule has 0 aliphatic carbocycles. The second-order valence-electron chi connectivity index (χ2n) is 4.92. The van der Waals surface area contributed by atoms with Gasteiger partial charge in [0, 0.05) is 22.0 Å². The molecule has 0 bridgehead atoms. The van der Waals surface area contributed by atoms with Gasteiger partial charge in [0.15, 0.2) is 6.61 Å². The van der Waals surface area contributed by atoms with Gasteiger partial charge in [0.1, 0.15) is 17.1 Å². The molecular formula is C17H11BrFNO4. The zero-order chi connectivity index (χ0) is 17.1. The molecule has 1 amide bonds. The van der Waals surface area contributed by atoms with Gasteiger partial charge >= 0.3 is 5.63 Å². The third kappa shape index (κ3) is 3.80. The fourth-order valence-corrected chi connectivity index (χ4v) is 2.51. The normalized spacial score (nSPS) is 10.6. The van der Waals surface area contributed by atoms with Crippen LogP contribution in [0.1, 0.15) is 0 Å². The molecule has 1 aromatic heterocycles. The first-order chi connectivity index (χ1) is 11.5. The van der Waals surface area contributed by atoms with Crippen LogP contribution in [-0.2, 0) is 4.79 Å². The van der Waals surface area contributed by atoms with E-state index in [1.54, 1.807) is 18.2 Å². The standard InChI is InChI=1S/C17H11BrFNO4/c18-13-7-11(19)3-5-14(13)20-16(21)9-23-12-4-1-10-2-6-17(22)24-15(10)8-12/h1-8H,9H2,(H,20,21). The third-order valence-electron chi connectivity index (χ3n) is 3.17. The molecule has 0 radical (unpaired) electrons. The number of fused-ring (bicyclic) bond motifs is 1. The molecule has 122 valence electrons. The van der Waals surface area contributed by atoms with E-state index < -0.39 is 17.3 Å². The highest BCUT2D eigenvalue weighted by atomic mass is 79.9. The summed E-state index contributed by atoms with van der Waals surface area (Å²) in [6.45, 7) is -0.244. The summed E-state index contributed by atoms with van der Waals surface area (Å²) >= 11 is 3.17. The van der Waals surface area contributed by atoms with Crippen molar-refractivity contribution in [3.8, 4) is 5.75 Å². The Balaban J connectivity index is 1.66. The summed E-state index contributed by atoms with van der Waals surface area (Å²) in [6.07, 6.45) is 0. The van der Waals surface area contributed by atoms with E-state index in [0.717, 1.165) is 5.39 Å². The number of carbonyl (C=O) groups is 1. The largest absolute Gasteiger partial charge is 0.484 e. The molecule has 0 aliphatic rings. The van der Waals surface area contributed by atoms with E-state index in [2.05, 4.69) is 21.2 Å². The smallest absolute Gasteiger partial charge is 0.336 e. The van der Waals surface area contributed by atoms with Crippen LogP contribution in [0.2, 0.25) is 0 Å². The molecule has 0 saturated carbocycles. The average Bonchev–Trinajstić information content (AvgIpc) is 2.55. The van der Waals surface area contributed by atoms with Crippen LogP contribution in [0.3, 0.4) is 0 Å². The highest BCUT2D eigenvalue weighted by Gasteiger charge is 2.08. The number of carbonyl (C=O) groups excluding carboxylic acids is 1. The number of ether oxygens (including phenoxy) is 1. The van der Waals surface area contributed by atoms with Crippen molar-refractivity contribution in [2.24, 2.45) is 0 Å². The van der Waals surface area contributed by atoms with Crippen molar-refractivity contribution >= 4 is 38.5 Å². The molecule has 0 aliphatic heterocycles.